The molecule has 1 aliphatic rings. The summed E-state index contributed by atoms with van der Waals surface area (Å²) in [6.45, 7) is 2.50. The maximum Gasteiger partial charge on any atom is 0.263 e. The Labute approximate surface area is 215 Å². The van der Waals surface area contributed by atoms with Crippen LogP contribution in [-0.2, 0) is 6.42 Å². The third kappa shape index (κ3) is 5.16. The number of carbonyl (C=O) groups excluding carboxylic acids is 2. The van der Waals surface area contributed by atoms with Crippen LogP contribution in [0, 0.1) is 0 Å². The number of nitrogens with zero attached hydrogens (tertiary/aromatic N) is 2. The van der Waals surface area contributed by atoms with E-state index in [1.54, 1.807) is 42.5 Å². The molecule has 37 heavy (non-hydrogen) atoms. The van der Waals surface area contributed by atoms with Crippen LogP contribution in [-0.4, -0.2) is 65.3 Å². The fourth-order valence-electron chi connectivity index (χ4n) is 4.44. The first-order valence-electron chi connectivity index (χ1n) is 12.2. The molecule has 0 saturated carbocycles. The molecular weight excluding hydrogens is 474 g/mol. The summed E-state index contributed by atoms with van der Waals surface area (Å²) in [5.74, 6) is -0.858. The summed E-state index contributed by atoms with van der Waals surface area (Å²) >= 11 is 0. The lowest BCUT2D eigenvalue weighted by atomic mass is 9.95. The van der Waals surface area contributed by atoms with E-state index in [0.717, 1.165) is 12.8 Å². The topological polar surface area (TPSA) is 121 Å². The molecule has 2 aromatic carbocycles. The van der Waals surface area contributed by atoms with Gasteiger partial charge in [-0.15, -0.1) is 0 Å². The van der Waals surface area contributed by atoms with E-state index in [1.807, 2.05) is 13.0 Å². The molecule has 9 nitrogen and oxygen atoms in total. The Bertz CT molecular complexity index is 1270. The zero-order chi connectivity index (χ0) is 26.5. The van der Waals surface area contributed by atoms with Gasteiger partial charge in [0.05, 0.1) is 37.1 Å². The average Bonchev–Trinajstić information content (AvgIpc) is 2.89. The van der Waals surface area contributed by atoms with E-state index in [4.69, 9.17) is 9.47 Å². The molecule has 1 aliphatic heterocycles. The molecule has 2 amide bonds. The Balaban J connectivity index is 1.65. The van der Waals surface area contributed by atoms with E-state index in [0.29, 0.717) is 40.3 Å². The van der Waals surface area contributed by atoms with Gasteiger partial charge in [0.2, 0.25) is 5.88 Å². The Kier molecular flexibility index (Phi) is 7.81. The average molecular weight is 506 g/mol. The molecule has 0 radical (unpaired) electrons. The second kappa shape index (κ2) is 11.2. The molecule has 194 valence electrons. The lowest BCUT2D eigenvalue weighted by Crippen LogP contribution is -2.61. The van der Waals surface area contributed by atoms with E-state index in [-0.39, 0.29) is 36.4 Å². The van der Waals surface area contributed by atoms with Crippen LogP contribution in [0.1, 0.15) is 46.2 Å². The standard InChI is InChI=1S/C28H31N3O6/c1-4-5-12-19-22(23-20(36-2)13-9-14-21(23)37-3)25(32)24(27(34)30-19)28(35)31-15-18(16-31)29-26(33)17-10-7-6-8-11-17/h6-11,13-14,18H,4-5,12,15-16H2,1-3H3,(H,29,33)(H2,30,32,34). The molecule has 1 fully saturated rings. The normalized spacial score (nSPS) is 13.1. The molecule has 1 aromatic heterocycles. The molecular formula is C28H31N3O6. The fraction of sp³-hybridized carbons (Fsp3) is 0.321. The first-order chi connectivity index (χ1) is 17.9. The number of rotatable bonds is 9. The first-order valence-corrected chi connectivity index (χ1v) is 12.2. The van der Waals surface area contributed by atoms with Crippen molar-refractivity contribution in [3.05, 3.63) is 65.4 Å². The first kappa shape index (κ1) is 25.8. The number of unbranched alkanes of at least 4 members (excludes halogenated alkanes) is 1. The lowest BCUT2D eigenvalue weighted by Gasteiger charge is -2.39. The Morgan fingerprint density at radius 2 is 1.65 bits per heavy atom. The third-order valence-corrected chi connectivity index (χ3v) is 6.43. The van der Waals surface area contributed by atoms with Crippen molar-refractivity contribution in [2.24, 2.45) is 0 Å². The quantitative estimate of drug-likeness (QED) is 0.405. The van der Waals surface area contributed by atoms with Gasteiger partial charge in [0.25, 0.3) is 11.8 Å². The summed E-state index contributed by atoms with van der Waals surface area (Å²) in [6, 6.07) is 13.8. The van der Waals surface area contributed by atoms with Crippen LogP contribution >= 0.6 is 0 Å². The van der Waals surface area contributed by atoms with Gasteiger partial charge in [-0.2, -0.15) is 0 Å². The second-order valence-electron chi connectivity index (χ2n) is 8.87. The largest absolute Gasteiger partial charge is 0.506 e. The number of hydrogen-bond acceptors (Lipinski definition) is 7. The van der Waals surface area contributed by atoms with Gasteiger partial charge in [0, 0.05) is 18.7 Å². The number of likely N-dealkylation sites (tertiary alicyclic amines) is 1. The molecule has 0 aliphatic carbocycles. The van der Waals surface area contributed by atoms with Crippen molar-refractivity contribution in [2.45, 2.75) is 32.2 Å². The summed E-state index contributed by atoms with van der Waals surface area (Å²) in [6.07, 6.45) is 2.11. The lowest BCUT2D eigenvalue weighted by molar-refractivity contribution is 0.0536. The number of hydrogen-bond donors (Lipinski definition) is 3. The van der Waals surface area contributed by atoms with E-state index >= 15 is 0 Å². The van der Waals surface area contributed by atoms with Gasteiger partial charge in [-0.05, 0) is 37.1 Å². The van der Waals surface area contributed by atoms with Gasteiger partial charge in [-0.1, -0.05) is 37.6 Å². The van der Waals surface area contributed by atoms with Crippen LogP contribution in [0.15, 0.2) is 48.5 Å². The van der Waals surface area contributed by atoms with E-state index in [1.165, 1.54) is 19.1 Å². The van der Waals surface area contributed by atoms with Crippen molar-refractivity contribution in [3.63, 3.8) is 0 Å². The number of methoxy groups -OCH3 is 2. The number of carbonyl (C=O) groups is 2. The fourth-order valence-corrected chi connectivity index (χ4v) is 4.44. The number of pyridine rings is 1. The number of aromatic hydroxyl groups is 2. The summed E-state index contributed by atoms with van der Waals surface area (Å²) in [5.41, 5.74) is 1.42. The summed E-state index contributed by atoms with van der Waals surface area (Å²) in [4.78, 5) is 31.6. The maximum absolute atomic E-state index is 13.4. The van der Waals surface area contributed by atoms with Crippen LogP contribution in [0.4, 0.5) is 0 Å². The van der Waals surface area contributed by atoms with Gasteiger partial charge in [0.15, 0.2) is 0 Å². The summed E-state index contributed by atoms with van der Waals surface area (Å²) < 4.78 is 11.1. The maximum atomic E-state index is 13.4. The molecule has 0 atom stereocenters. The molecule has 9 heteroatoms. The van der Waals surface area contributed by atoms with Crippen molar-refractivity contribution in [1.29, 1.82) is 0 Å². The van der Waals surface area contributed by atoms with E-state index in [2.05, 4.69) is 10.3 Å². The SMILES string of the molecule is CCCCc1nc(O)c(C(=O)N2CC(NC(=O)c3ccccc3)C2)c(O)c1-c1c(OC)cccc1OC. The summed E-state index contributed by atoms with van der Waals surface area (Å²) in [5, 5.41) is 25.0. The zero-order valence-corrected chi connectivity index (χ0v) is 21.2. The number of aryl methyl sites for hydroxylation is 1. The highest BCUT2D eigenvalue weighted by Gasteiger charge is 2.37. The number of ether oxygens (including phenoxy) is 2. The van der Waals surface area contributed by atoms with E-state index in [9.17, 15) is 19.8 Å². The highest BCUT2D eigenvalue weighted by Crippen LogP contribution is 2.47. The Morgan fingerprint density at radius 1 is 1.00 bits per heavy atom. The second-order valence-corrected chi connectivity index (χ2v) is 8.87. The summed E-state index contributed by atoms with van der Waals surface area (Å²) in [7, 11) is 3.01. The molecule has 0 spiro atoms. The Hall–Kier alpha value is -4.27. The highest BCUT2D eigenvalue weighted by atomic mass is 16.5. The van der Waals surface area contributed by atoms with Gasteiger partial charge in [0.1, 0.15) is 22.8 Å². The number of amides is 2. The smallest absolute Gasteiger partial charge is 0.263 e. The Morgan fingerprint density at radius 3 is 2.24 bits per heavy atom. The molecule has 0 bridgehead atoms. The minimum Gasteiger partial charge on any atom is -0.506 e. The predicted octanol–water partition coefficient (Wildman–Crippen LogP) is 3.77. The number of benzene rings is 2. The molecule has 3 aromatic rings. The van der Waals surface area contributed by atoms with Crippen LogP contribution in [0.3, 0.4) is 0 Å². The van der Waals surface area contributed by atoms with Crippen LogP contribution in [0.5, 0.6) is 23.1 Å². The van der Waals surface area contributed by atoms with E-state index < -0.39 is 11.8 Å². The van der Waals surface area contributed by atoms with Gasteiger partial charge < -0.3 is 29.9 Å². The molecule has 3 N–H and O–H groups in total. The van der Waals surface area contributed by atoms with Gasteiger partial charge in [-0.3, -0.25) is 9.59 Å². The minimum atomic E-state index is -0.579. The highest BCUT2D eigenvalue weighted by molar-refractivity contribution is 6.03. The molecule has 0 unspecified atom stereocenters. The van der Waals surface area contributed by atoms with Crippen LogP contribution in [0.2, 0.25) is 0 Å². The van der Waals surface area contributed by atoms with Gasteiger partial charge >= 0.3 is 0 Å². The van der Waals surface area contributed by atoms with Crippen molar-refractivity contribution < 1.29 is 29.3 Å². The number of aromatic nitrogens is 1. The van der Waals surface area contributed by atoms with Crippen molar-refractivity contribution in [1.82, 2.24) is 15.2 Å². The third-order valence-electron chi connectivity index (χ3n) is 6.43. The zero-order valence-electron chi connectivity index (χ0n) is 21.2. The van der Waals surface area contributed by atoms with Crippen molar-refractivity contribution in [3.8, 4) is 34.3 Å². The predicted molar refractivity (Wildman–Crippen MR) is 138 cm³/mol. The number of nitrogens with one attached hydrogen (secondary N) is 1. The molecule has 4 rings (SSSR count). The monoisotopic (exact) mass is 505 g/mol. The van der Waals surface area contributed by atoms with Crippen LogP contribution in [0.25, 0.3) is 11.1 Å². The van der Waals surface area contributed by atoms with Crippen molar-refractivity contribution in [2.75, 3.05) is 27.3 Å². The molecule has 1 saturated heterocycles. The van der Waals surface area contributed by atoms with Crippen molar-refractivity contribution >= 4 is 11.8 Å². The molecule has 2 heterocycles. The minimum absolute atomic E-state index is 0.226. The van der Waals surface area contributed by atoms with Crippen LogP contribution < -0.4 is 14.8 Å². The van der Waals surface area contributed by atoms with Gasteiger partial charge in [-0.25, -0.2) is 4.98 Å².